The van der Waals surface area contributed by atoms with Crippen LogP contribution in [-0.4, -0.2) is 48.7 Å². The van der Waals surface area contributed by atoms with Crippen LogP contribution >= 0.6 is 11.3 Å². The first-order valence-corrected chi connectivity index (χ1v) is 7.68. The predicted octanol–water partition coefficient (Wildman–Crippen LogP) is -0.978. The van der Waals surface area contributed by atoms with Crippen molar-refractivity contribution < 1.29 is 27.9 Å². The second kappa shape index (κ2) is 5.31. The second-order valence-electron chi connectivity index (χ2n) is 4.04. The predicted molar refractivity (Wildman–Crippen MR) is 67.6 cm³/mol. The van der Waals surface area contributed by atoms with Gasteiger partial charge >= 0.3 is 5.97 Å². The Labute approximate surface area is 118 Å². The molecule has 2 N–H and O–H groups in total. The molecule has 8 nitrogen and oxygen atoms in total. The summed E-state index contributed by atoms with van der Waals surface area (Å²) in [5, 5.41) is 10.7. The highest BCUT2D eigenvalue weighted by Crippen LogP contribution is 2.25. The number of hydrogen-bond donors (Lipinski definition) is 2. The van der Waals surface area contributed by atoms with E-state index in [-0.39, 0.29) is 10.6 Å². The molecule has 1 aliphatic rings. The molecule has 0 spiro atoms. The van der Waals surface area contributed by atoms with E-state index in [1.807, 2.05) is 5.32 Å². The molecule has 1 aromatic rings. The van der Waals surface area contributed by atoms with Gasteiger partial charge in [0.2, 0.25) is 11.8 Å². The van der Waals surface area contributed by atoms with Crippen molar-refractivity contribution in [1.82, 2.24) is 9.62 Å². The number of rotatable bonds is 4. The van der Waals surface area contributed by atoms with Gasteiger partial charge in [0, 0.05) is 4.88 Å². The van der Waals surface area contributed by atoms with Crippen LogP contribution < -0.4 is 5.32 Å². The summed E-state index contributed by atoms with van der Waals surface area (Å²) in [6.07, 6.45) is -0.278. The molecule has 0 saturated carbocycles. The van der Waals surface area contributed by atoms with Gasteiger partial charge in [-0.3, -0.25) is 19.7 Å². The lowest BCUT2D eigenvalue weighted by Crippen LogP contribution is -2.53. The second-order valence-corrected chi connectivity index (χ2v) is 7.37. The molecular weight excluding hydrogens is 308 g/mol. The molecular formula is C10H10N2O6S2. The molecule has 0 radical (unpaired) electrons. The van der Waals surface area contributed by atoms with E-state index >= 15 is 0 Å². The summed E-state index contributed by atoms with van der Waals surface area (Å²) in [6, 6.07) is 2.67. The van der Waals surface area contributed by atoms with Crippen LogP contribution in [0.2, 0.25) is 0 Å². The van der Waals surface area contributed by atoms with E-state index in [1.54, 1.807) is 0 Å². The molecule has 20 heavy (non-hydrogen) atoms. The lowest BCUT2D eigenvalue weighted by Gasteiger charge is -2.23. The number of imide groups is 1. The quantitative estimate of drug-likeness (QED) is 0.689. The van der Waals surface area contributed by atoms with Crippen LogP contribution in [0.1, 0.15) is 4.88 Å². The van der Waals surface area contributed by atoms with Crippen LogP contribution in [0.3, 0.4) is 0 Å². The molecule has 108 valence electrons. The first kappa shape index (κ1) is 14.6. The number of carbonyl (C=O) groups excluding carboxylic acids is 2. The summed E-state index contributed by atoms with van der Waals surface area (Å²) < 4.78 is 25.1. The van der Waals surface area contributed by atoms with E-state index < -0.39 is 40.9 Å². The molecule has 2 heterocycles. The number of nitrogens with zero attached hydrogens (tertiary/aromatic N) is 1. The zero-order chi connectivity index (χ0) is 14.9. The topological polar surface area (TPSA) is 121 Å². The molecule has 0 aliphatic carbocycles. The van der Waals surface area contributed by atoms with E-state index in [2.05, 4.69) is 0 Å². The SMILES string of the molecule is O=C(O)Cc1ccc(S(=O)(=O)N2CC(=O)NC(=O)C2)s1. The van der Waals surface area contributed by atoms with Crippen molar-refractivity contribution in [3.63, 3.8) is 0 Å². The van der Waals surface area contributed by atoms with E-state index in [4.69, 9.17) is 5.11 Å². The first-order valence-electron chi connectivity index (χ1n) is 5.42. The summed E-state index contributed by atoms with van der Waals surface area (Å²) in [7, 11) is -3.97. The zero-order valence-electron chi connectivity index (χ0n) is 10.0. The molecule has 2 rings (SSSR count). The molecule has 1 saturated heterocycles. The van der Waals surface area contributed by atoms with Crippen molar-refractivity contribution in [2.75, 3.05) is 13.1 Å². The zero-order valence-corrected chi connectivity index (χ0v) is 11.7. The third-order valence-corrected chi connectivity index (χ3v) is 5.82. The van der Waals surface area contributed by atoms with Gasteiger partial charge in [-0.1, -0.05) is 0 Å². The van der Waals surface area contributed by atoms with Gasteiger partial charge in [-0.15, -0.1) is 11.3 Å². The van der Waals surface area contributed by atoms with Crippen molar-refractivity contribution >= 4 is 39.1 Å². The number of amides is 2. The Kier molecular flexibility index (Phi) is 3.88. The van der Waals surface area contributed by atoms with Gasteiger partial charge < -0.3 is 5.11 Å². The van der Waals surface area contributed by atoms with Crippen LogP contribution in [-0.2, 0) is 30.8 Å². The first-order chi connectivity index (χ1) is 9.29. The van der Waals surface area contributed by atoms with Gasteiger partial charge in [-0.2, -0.15) is 4.31 Å². The largest absolute Gasteiger partial charge is 0.481 e. The number of carboxylic acid groups (broad SMARTS) is 1. The van der Waals surface area contributed by atoms with E-state index in [1.165, 1.54) is 12.1 Å². The summed E-state index contributed by atoms with van der Waals surface area (Å²) in [5.74, 6) is -2.44. The summed E-state index contributed by atoms with van der Waals surface area (Å²) in [6.45, 7) is -0.861. The third-order valence-electron chi connectivity index (χ3n) is 2.48. The van der Waals surface area contributed by atoms with E-state index in [0.29, 0.717) is 4.88 Å². The molecule has 0 unspecified atom stereocenters. The lowest BCUT2D eigenvalue weighted by atomic mass is 10.3. The van der Waals surface area contributed by atoms with Crippen molar-refractivity contribution in [2.24, 2.45) is 0 Å². The Bertz CT molecular complexity index is 662. The maximum Gasteiger partial charge on any atom is 0.308 e. The summed E-state index contributed by atoms with van der Waals surface area (Å²) in [5.41, 5.74) is 0. The molecule has 0 bridgehead atoms. The standard InChI is InChI=1S/C10H10N2O6S2/c13-7-4-12(5-8(14)11-7)20(17,18)10-2-1-6(19-10)3-9(15)16/h1-2H,3-5H2,(H,15,16)(H,11,13,14). The van der Waals surface area contributed by atoms with E-state index in [0.717, 1.165) is 15.6 Å². The van der Waals surface area contributed by atoms with Crippen LogP contribution in [0.15, 0.2) is 16.3 Å². The third kappa shape index (κ3) is 3.03. The fourth-order valence-electron chi connectivity index (χ4n) is 1.65. The fraction of sp³-hybridized carbons (Fsp3) is 0.300. The minimum absolute atomic E-state index is 0.0868. The summed E-state index contributed by atoms with van der Waals surface area (Å²) >= 11 is 0.811. The highest BCUT2D eigenvalue weighted by Gasteiger charge is 2.33. The van der Waals surface area contributed by atoms with Gasteiger partial charge in [0.25, 0.3) is 10.0 Å². The minimum atomic E-state index is -3.97. The molecule has 1 fully saturated rings. The number of sulfonamides is 1. The summed E-state index contributed by atoms with van der Waals surface area (Å²) in [4.78, 5) is 33.3. The highest BCUT2D eigenvalue weighted by atomic mass is 32.2. The molecule has 10 heteroatoms. The van der Waals surface area contributed by atoms with E-state index in [9.17, 15) is 22.8 Å². The van der Waals surface area contributed by atoms with Crippen molar-refractivity contribution in [1.29, 1.82) is 0 Å². The van der Waals surface area contributed by atoms with Crippen molar-refractivity contribution in [3.05, 3.63) is 17.0 Å². The average Bonchev–Trinajstić information content (AvgIpc) is 2.75. The van der Waals surface area contributed by atoms with Crippen LogP contribution in [0.25, 0.3) is 0 Å². The number of thiophene rings is 1. The number of piperazine rings is 1. The number of carbonyl (C=O) groups is 3. The van der Waals surface area contributed by atoms with Crippen LogP contribution in [0.5, 0.6) is 0 Å². The molecule has 1 aliphatic heterocycles. The Morgan fingerprint density at radius 1 is 1.30 bits per heavy atom. The number of hydrogen-bond acceptors (Lipinski definition) is 6. The van der Waals surface area contributed by atoms with Crippen LogP contribution in [0, 0.1) is 0 Å². The maximum absolute atomic E-state index is 12.2. The smallest absolute Gasteiger partial charge is 0.308 e. The Morgan fingerprint density at radius 3 is 2.45 bits per heavy atom. The Hall–Kier alpha value is -1.78. The molecule has 2 amide bonds. The number of carboxylic acids is 1. The van der Waals surface area contributed by atoms with Crippen molar-refractivity contribution in [3.8, 4) is 0 Å². The number of nitrogens with one attached hydrogen (secondary N) is 1. The lowest BCUT2D eigenvalue weighted by molar-refractivity contribution is -0.136. The van der Waals surface area contributed by atoms with Gasteiger partial charge in [0.05, 0.1) is 19.5 Å². The average molecular weight is 318 g/mol. The minimum Gasteiger partial charge on any atom is -0.481 e. The Morgan fingerprint density at radius 2 is 1.90 bits per heavy atom. The van der Waals surface area contributed by atoms with Gasteiger partial charge in [-0.25, -0.2) is 8.42 Å². The van der Waals surface area contributed by atoms with Gasteiger partial charge in [0.1, 0.15) is 4.21 Å². The normalized spacial score (nSPS) is 17.0. The van der Waals surface area contributed by atoms with Crippen LogP contribution in [0.4, 0.5) is 0 Å². The number of aliphatic carboxylic acids is 1. The van der Waals surface area contributed by atoms with Gasteiger partial charge in [-0.05, 0) is 12.1 Å². The van der Waals surface area contributed by atoms with Crippen molar-refractivity contribution in [2.45, 2.75) is 10.6 Å². The fourth-order valence-corrected chi connectivity index (χ4v) is 4.50. The maximum atomic E-state index is 12.2. The Balaban J connectivity index is 2.25. The molecule has 0 atom stereocenters. The molecule has 1 aromatic heterocycles. The monoisotopic (exact) mass is 318 g/mol. The highest BCUT2D eigenvalue weighted by molar-refractivity contribution is 7.91. The molecule has 0 aromatic carbocycles. The van der Waals surface area contributed by atoms with Gasteiger partial charge in [0.15, 0.2) is 0 Å².